The summed E-state index contributed by atoms with van der Waals surface area (Å²) < 4.78 is 9.99. The van der Waals surface area contributed by atoms with E-state index in [1.54, 1.807) is 0 Å². The molecule has 0 aromatic rings. The zero-order valence-corrected chi connectivity index (χ0v) is 30.5. The molecule has 0 spiro atoms. The van der Waals surface area contributed by atoms with Crippen LogP contribution in [0.25, 0.3) is 0 Å². The van der Waals surface area contributed by atoms with Crippen LogP contribution in [0, 0.1) is 0 Å². The van der Waals surface area contributed by atoms with Crippen LogP contribution in [0.15, 0.2) is 0 Å². The maximum Gasteiger partial charge on any atom is 0.303 e. The molecular formula is C31H59N9O10S. The van der Waals surface area contributed by atoms with Crippen molar-refractivity contribution < 1.29 is 48.1 Å². The molecule has 0 aliphatic carbocycles. The minimum absolute atomic E-state index is 0.0186. The summed E-state index contributed by atoms with van der Waals surface area (Å²) in [5.41, 5.74) is 28.2. The summed E-state index contributed by atoms with van der Waals surface area (Å²) in [5, 5.41) is 20.1. The minimum atomic E-state index is -1.48. The molecule has 19 nitrogen and oxygen atoms in total. The van der Waals surface area contributed by atoms with Crippen molar-refractivity contribution in [2.75, 3.05) is 44.4 Å². The molecule has 0 heterocycles. The van der Waals surface area contributed by atoms with Gasteiger partial charge in [0.2, 0.25) is 29.5 Å². The molecule has 0 aromatic carbocycles. The van der Waals surface area contributed by atoms with Crippen molar-refractivity contribution in [2.24, 2.45) is 28.7 Å². The molecule has 20 heteroatoms. The Morgan fingerprint density at radius 2 is 1.06 bits per heavy atom. The highest BCUT2D eigenvalue weighted by atomic mass is 32.2. The molecule has 0 radical (unpaired) electrons. The van der Waals surface area contributed by atoms with Crippen LogP contribution in [0.3, 0.4) is 0 Å². The average molecular weight is 750 g/mol. The average Bonchev–Trinajstić information content (AvgIpc) is 3.07. The van der Waals surface area contributed by atoms with Crippen molar-refractivity contribution in [3.63, 3.8) is 0 Å². The van der Waals surface area contributed by atoms with E-state index in [9.17, 15) is 38.7 Å². The summed E-state index contributed by atoms with van der Waals surface area (Å²) in [6.45, 7) is 2.47. The first-order valence-corrected chi connectivity index (χ1v) is 18.2. The third kappa shape index (κ3) is 22.1. The first kappa shape index (κ1) is 47.4. The Morgan fingerprint density at radius 3 is 1.47 bits per heavy atom. The fourth-order valence-electron chi connectivity index (χ4n) is 4.55. The van der Waals surface area contributed by atoms with E-state index < -0.39 is 84.4 Å². The van der Waals surface area contributed by atoms with Crippen molar-refractivity contribution in [1.29, 1.82) is 0 Å². The number of carbonyl (C=O) groups excluding carboxylic acids is 7. The number of thioether (sulfide) groups is 1. The standard InChI is InChI=1S/C31H59N9O10S/c1-19(42)49-16-21(50-20(2)43)17-51-18-22(35)28(45)40-26(15-41)31(48)39-25(11-5-8-14-34)30(47)38-24(10-4-7-13-33)29(46)37-23(27(36)44)9-3-6-12-32/h21-26,41H,3-18,32-35H2,1-2H3,(H2,36,44)(H,37,46)(H,38,47)(H,39,48)(H,40,45). The Morgan fingerprint density at radius 1 is 0.627 bits per heavy atom. The minimum Gasteiger partial charge on any atom is -0.462 e. The van der Waals surface area contributed by atoms with Gasteiger partial charge < -0.3 is 64.5 Å². The number of aliphatic hydroxyl groups is 1. The zero-order valence-electron chi connectivity index (χ0n) is 29.7. The van der Waals surface area contributed by atoms with E-state index in [-0.39, 0.29) is 37.4 Å². The molecule has 0 aliphatic rings. The van der Waals surface area contributed by atoms with E-state index in [1.165, 1.54) is 13.8 Å². The van der Waals surface area contributed by atoms with Gasteiger partial charge in [0.15, 0.2) is 0 Å². The molecule has 6 unspecified atom stereocenters. The van der Waals surface area contributed by atoms with E-state index in [1.807, 2.05) is 0 Å². The van der Waals surface area contributed by atoms with Gasteiger partial charge in [0.25, 0.3) is 0 Å². The summed E-state index contributed by atoms with van der Waals surface area (Å²) in [4.78, 5) is 87.3. The number of unbranched alkanes of at least 4 members (excludes halogenated alkanes) is 3. The van der Waals surface area contributed by atoms with Gasteiger partial charge in [0.05, 0.1) is 12.6 Å². The summed E-state index contributed by atoms with van der Waals surface area (Å²) in [7, 11) is 0. The van der Waals surface area contributed by atoms with Crippen LogP contribution < -0.4 is 49.9 Å². The van der Waals surface area contributed by atoms with Crippen LogP contribution in [0.1, 0.15) is 71.6 Å². The lowest BCUT2D eigenvalue weighted by Crippen LogP contribution is -2.59. The van der Waals surface area contributed by atoms with Gasteiger partial charge >= 0.3 is 11.9 Å². The number of carbonyl (C=O) groups is 7. The monoisotopic (exact) mass is 749 g/mol. The number of primary amides is 1. The molecule has 0 saturated heterocycles. The fourth-order valence-corrected chi connectivity index (χ4v) is 5.52. The second-order valence-corrected chi connectivity index (χ2v) is 12.9. The lowest BCUT2D eigenvalue weighted by molar-refractivity contribution is -0.154. The van der Waals surface area contributed by atoms with Crippen LogP contribution in [-0.4, -0.2) is 127 Å². The number of rotatable bonds is 29. The molecule has 5 amide bonds. The van der Waals surface area contributed by atoms with Crippen molar-refractivity contribution in [1.82, 2.24) is 21.3 Å². The Hall–Kier alpha value is -3.56. The van der Waals surface area contributed by atoms with Crippen molar-refractivity contribution in [3.05, 3.63) is 0 Å². The van der Waals surface area contributed by atoms with Crippen LogP contribution in [0.4, 0.5) is 0 Å². The molecule has 0 bridgehead atoms. The first-order chi connectivity index (χ1) is 24.2. The second-order valence-electron chi connectivity index (χ2n) is 11.9. The smallest absolute Gasteiger partial charge is 0.303 e. The van der Waals surface area contributed by atoms with E-state index >= 15 is 0 Å². The summed E-state index contributed by atoms with van der Waals surface area (Å²) in [6.07, 6.45) is 2.94. The van der Waals surface area contributed by atoms with E-state index in [0.29, 0.717) is 58.2 Å². The molecule has 0 aliphatic heterocycles. The molecular weight excluding hydrogens is 690 g/mol. The Bertz CT molecular complexity index is 1100. The summed E-state index contributed by atoms with van der Waals surface area (Å²) in [6, 6.07) is -5.89. The van der Waals surface area contributed by atoms with E-state index in [4.69, 9.17) is 38.1 Å². The third-order valence-electron chi connectivity index (χ3n) is 7.33. The van der Waals surface area contributed by atoms with Crippen molar-refractivity contribution >= 4 is 53.2 Å². The van der Waals surface area contributed by atoms with E-state index in [2.05, 4.69) is 21.3 Å². The Balaban J connectivity index is 5.62. The largest absolute Gasteiger partial charge is 0.462 e. The maximum absolute atomic E-state index is 13.5. The molecule has 0 rings (SSSR count). The number of nitrogens with two attached hydrogens (primary N) is 5. The van der Waals surface area contributed by atoms with Gasteiger partial charge in [-0.2, -0.15) is 11.8 Å². The molecule has 0 fully saturated rings. The lowest BCUT2D eigenvalue weighted by Gasteiger charge is -2.26. The molecule has 0 saturated carbocycles. The van der Waals surface area contributed by atoms with Gasteiger partial charge in [-0.05, 0) is 77.4 Å². The molecule has 15 N–H and O–H groups in total. The molecule has 6 atom stereocenters. The van der Waals surface area contributed by atoms with Gasteiger partial charge in [-0.3, -0.25) is 33.6 Å². The maximum atomic E-state index is 13.5. The number of esters is 2. The summed E-state index contributed by atoms with van der Waals surface area (Å²) >= 11 is 1.13. The SMILES string of the molecule is CC(=O)OCC(CSCC(N)C(=O)NC(CO)C(=O)NC(CCCCN)C(=O)NC(CCCCN)C(=O)NC(CCCCN)C(N)=O)OC(C)=O. The number of aliphatic hydroxyl groups excluding tert-OH is 1. The van der Waals surface area contributed by atoms with Gasteiger partial charge in [-0.1, -0.05) is 0 Å². The quantitative estimate of drug-likeness (QED) is 0.0260. The van der Waals surface area contributed by atoms with E-state index in [0.717, 1.165) is 11.8 Å². The number of amides is 5. The fraction of sp³-hybridized carbons (Fsp3) is 0.774. The number of ether oxygens (including phenoxy) is 2. The number of hydrogen-bond acceptors (Lipinski definition) is 15. The number of hydrogen-bond donors (Lipinski definition) is 10. The Kier molecular flexibility index (Phi) is 26.1. The van der Waals surface area contributed by atoms with Gasteiger partial charge in [-0.25, -0.2) is 0 Å². The highest BCUT2D eigenvalue weighted by molar-refractivity contribution is 7.99. The predicted molar refractivity (Wildman–Crippen MR) is 190 cm³/mol. The molecule has 51 heavy (non-hydrogen) atoms. The summed E-state index contributed by atoms with van der Waals surface area (Å²) in [5.74, 6) is -4.72. The van der Waals surface area contributed by atoms with Crippen molar-refractivity contribution in [2.45, 2.75) is 108 Å². The van der Waals surface area contributed by atoms with Gasteiger partial charge in [0, 0.05) is 25.4 Å². The highest BCUT2D eigenvalue weighted by Crippen LogP contribution is 2.10. The predicted octanol–water partition coefficient (Wildman–Crippen LogP) is -3.65. The highest BCUT2D eigenvalue weighted by Gasteiger charge is 2.31. The molecule has 294 valence electrons. The normalized spacial score (nSPS) is 14.5. The van der Waals surface area contributed by atoms with Crippen LogP contribution >= 0.6 is 11.8 Å². The van der Waals surface area contributed by atoms with Gasteiger partial charge in [-0.15, -0.1) is 0 Å². The first-order valence-electron chi connectivity index (χ1n) is 17.1. The van der Waals surface area contributed by atoms with Crippen LogP contribution in [0.2, 0.25) is 0 Å². The topological polar surface area (TPSA) is 336 Å². The third-order valence-corrected chi connectivity index (χ3v) is 8.53. The zero-order chi connectivity index (χ0) is 38.8. The van der Waals surface area contributed by atoms with Crippen LogP contribution in [0.5, 0.6) is 0 Å². The molecule has 0 aromatic heterocycles. The second kappa shape index (κ2) is 28.1. The lowest BCUT2D eigenvalue weighted by atomic mass is 10.0. The Labute approximate surface area is 303 Å². The van der Waals surface area contributed by atoms with Crippen molar-refractivity contribution in [3.8, 4) is 0 Å². The van der Waals surface area contributed by atoms with Gasteiger partial charge in [0.1, 0.15) is 36.9 Å². The number of nitrogens with one attached hydrogen (secondary N) is 4. The van der Waals surface area contributed by atoms with Crippen LogP contribution in [-0.2, 0) is 43.0 Å².